The Hall–Kier alpha value is -3.32. The molecule has 1 aliphatic heterocycles. The highest BCUT2D eigenvalue weighted by Crippen LogP contribution is 2.31. The smallest absolute Gasteiger partial charge is 0.264 e. The van der Waals surface area contributed by atoms with E-state index in [9.17, 15) is 13.2 Å². The summed E-state index contributed by atoms with van der Waals surface area (Å²) in [6.07, 6.45) is 0.226. The fourth-order valence-corrected chi connectivity index (χ4v) is 4.63. The lowest BCUT2D eigenvalue weighted by molar-refractivity contribution is -0.118. The molecular formula is C23H22N2O4S. The van der Waals surface area contributed by atoms with E-state index in [4.69, 9.17) is 4.74 Å². The lowest BCUT2D eigenvalue weighted by atomic mass is 10.1. The van der Waals surface area contributed by atoms with Crippen molar-refractivity contribution >= 4 is 27.3 Å². The molecule has 3 aromatic carbocycles. The Balaban J connectivity index is 1.49. The maximum atomic E-state index is 12.9. The van der Waals surface area contributed by atoms with Crippen LogP contribution in [-0.4, -0.2) is 34.5 Å². The standard InChI is InChI=1S/C23H22N2O4S/c1-24(30(27,28)20-7-3-2-4-8-20)19-13-11-18(12-14-19)17-23(26)25-15-16-29-22-10-6-5-9-21(22)25/h2-14H,15-17H2,1H3. The third-order valence-electron chi connectivity index (χ3n) is 5.09. The van der Waals surface area contributed by atoms with Gasteiger partial charge in [0, 0.05) is 7.05 Å². The first-order valence-electron chi connectivity index (χ1n) is 9.62. The molecule has 0 atom stereocenters. The van der Waals surface area contributed by atoms with Gasteiger partial charge in [0.2, 0.25) is 5.91 Å². The fourth-order valence-electron chi connectivity index (χ4n) is 3.41. The van der Waals surface area contributed by atoms with Crippen molar-refractivity contribution in [2.75, 3.05) is 29.4 Å². The van der Waals surface area contributed by atoms with Crippen LogP contribution in [0.1, 0.15) is 5.56 Å². The summed E-state index contributed by atoms with van der Waals surface area (Å²) in [5.74, 6) is 0.684. The minimum absolute atomic E-state index is 0.0243. The van der Waals surface area contributed by atoms with Gasteiger partial charge >= 0.3 is 0 Å². The Morgan fingerprint density at radius 2 is 1.63 bits per heavy atom. The van der Waals surface area contributed by atoms with Crippen LogP contribution in [-0.2, 0) is 21.2 Å². The Kier molecular flexibility index (Phi) is 5.46. The summed E-state index contributed by atoms with van der Waals surface area (Å²) >= 11 is 0. The van der Waals surface area contributed by atoms with E-state index >= 15 is 0 Å². The number of hydrogen-bond donors (Lipinski definition) is 0. The summed E-state index contributed by atoms with van der Waals surface area (Å²) in [7, 11) is -2.11. The van der Waals surface area contributed by atoms with Gasteiger partial charge in [0.1, 0.15) is 12.4 Å². The summed E-state index contributed by atoms with van der Waals surface area (Å²) in [6.45, 7) is 0.968. The molecule has 1 heterocycles. The van der Waals surface area contributed by atoms with Crippen molar-refractivity contribution in [1.29, 1.82) is 0 Å². The molecule has 0 aromatic heterocycles. The third-order valence-corrected chi connectivity index (χ3v) is 6.89. The highest BCUT2D eigenvalue weighted by Gasteiger charge is 2.24. The molecule has 1 aliphatic rings. The Labute approximate surface area is 176 Å². The molecule has 6 nitrogen and oxygen atoms in total. The lowest BCUT2D eigenvalue weighted by Gasteiger charge is -2.29. The van der Waals surface area contributed by atoms with E-state index in [1.165, 1.54) is 11.4 Å². The van der Waals surface area contributed by atoms with Crippen molar-refractivity contribution in [3.05, 3.63) is 84.4 Å². The molecule has 0 bridgehead atoms. The molecule has 154 valence electrons. The number of nitrogens with zero attached hydrogens (tertiary/aromatic N) is 2. The average Bonchev–Trinajstić information content (AvgIpc) is 2.79. The summed E-state index contributed by atoms with van der Waals surface area (Å²) in [5, 5.41) is 0. The number of amides is 1. The molecule has 0 radical (unpaired) electrons. The fraction of sp³-hybridized carbons (Fsp3) is 0.174. The van der Waals surface area contributed by atoms with Crippen LogP contribution in [0.3, 0.4) is 0 Å². The van der Waals surface area contributed by atoms with Crippen molar-refractivity contribution in [2.45, 2.75) is 11.3 Å². The SMILES string of the molecule is CN(c1ccc(CC(=O)N2CCOc3ccccc32)cc1)S(=O)(=O)c1ccccc1. The number of sulfonamides is 1. The van der Waals surface area contributed by atoms with Gasteiger partial charge in [0.25, 0.3) is 10.0 Å². The van der Waals surface area contributed by atoms with E-state index in [1.807, 2.05) is 24.3 Å². The first kappa shape index (κ1) is 20.0. The van der Waals surface area contributed by atoms with Crippen molar-refractivity contribution in [3.63, 3.8) is 0 Å². The van der Waals surface area contributed by atoms with Crippen LogP contribution in [0.25, 0.3) is 0 Å². The zero-order valence-corrected chi connectivity index (χ0v) is 17.4. The first-order chi connectivity index (χ1) is 14.5. The van der Waals surface area contributed by atoms with Gasteiger partial charge in [-0.25, -0.2) is 8.42 Å². The van der Waals surface area contributed by atoms with Crippen LogP contribution in [0.5, 0.6) is 5.75 Å². The van der Waals surface area contributed by atoms with Crippen molar-refractivity contribution < 1.29 is 17.9 Å². The summed E-state index contributed by atoms with van der Waals surface area (Å²) in [5.41, 5.74) is 2.13. The van der Waals surface area contributed by atoms with E-state index in [2.05, 4.69) is 0 Å². The van der Waals surface area contributed by atoms with Gasteiger partial charge in [-0.15, -0.1) is 0 Å². The number of anilines is 2. The highest BCUT2D eigenvalue weighted by molar-refractivity contribution is 7.92. The number of rotatable bonds is 5. The molecule has 0 N–H and O–H groups in total. The molecule has 0 fully saturated rings. The second kappa shape index (κ2) is 8.20. The van der Waals surface area contributed by atoms with E-state index in [0.717, 1.165) is 11.3 Å². The molecule has 4 rings (SSSR count). The molecule has 3 aromatic rings. The zero-order chi connectivity index (χ0) is 21.1. The van der Waals surface area contributed by atoms with Crippen LogP contribution >= 0.6 is 0 Å². The quantitative estimate of drug-likeness (QED) is 0.631. The molecule has 1 amide bonds. The average molecular weight is 423 g/mol. The van der Waals surface area contributed by atoms with E-state index in [-0.39, 0.29) is 17.2 Å². The van der Waals surface area contributed by atoms with Crippen LogP contribution in [0.4, 0.5) is 11.4 Å². The number of benzene rings is 3. The number of fused-ring (bicyclic) bond motifs is 1. The Morgan fingerprint density at radius 3 is 2.37 bits per heavy atom. The highest BCUT2D eigenvalue weighted by atomic mass is 32.2. The Morgan fingerprint density at radius 1 is 0.967 bits per heavy atom. The van der Waals surface area contributed by atoms with Gasteiger partial charge in [-0.3, -0.25) is 9.10 Å². The zero-order valence-electron chi connectivity index (χ0n) is 16.6. The second-order valence-electron chi connectivity index (χ2n) is 6.99. The predicted octanol–water partition coefficient (Wildman–Crippen LogP) is 3.48. The van der Waals surface area contributed by atoms with Crippen molar-refractivity contribution in [2.24, 2.45) is 0 Å². The van der Waals surface area contributed by atoms with E-state index < -0.39 is 10.0 Å². The second-order valence-corrected chi connectivity index (χ2v) is 8.96. The Bertz CT molecular complexity index is 1150. The minimum atomic E-state index is -3.63. The van der Waals surface area contributed by atoms with Gasteiger partial charge in [-0.1, -0.05) is 42.5 Å². The summed E-state index contributed by atoms with van der Waals surface area (Å²) in [6, 6.07) is 22.8. The molecule has 0 aliphatic carbocycles. The van der Waals surface area contributed by atoms with Crippen molar-refractivity contribution in [1.82, 2.24) is 0 Å². The van der Waals surface area contributed by atoms with Gasteiger partial charge in [0.15, 0.2) is 0 Å². The molecule has 30 heavy (non-hydrogen) atoms. The maximum absolute atomic E-state index is 12.9. The topological polar surface area (TPSA) is 66.9 Å². The predicted molar refractivity (Wildman–Crippen MR) is 116 cm³/mol. The molecular weight excluding hydrogens is 400 g/mol. The summed E-state index contributed by atoms with van der Waals surface area (Å²) < 4.78 is 32.4. The van der Waals surface area contributed by atoms with Gasteiger partial charge in [-0.05, 0) is 42.0 Å². The van der Waals surface area contributed by atoms with E-state index in [0.29, 0.717) is 24.6 Å². The number of hydrogen-bond acceptors (Lipinski definition) is 4. The number of carbonyl (C=O) groups is 1. The molecule has 0 unspecified atom stereocenters. The largest absolute Gasteiger partial charge is 0.490 e. The molecule has 0 saturated heterocycles. The van der Waals surface area contributed by atoms with Gasteiger partial charge in [0.05, 0.1) is 29.2 Å². The van der Waals surface area contributed by atoms with Crippen LogP contribution in [0, 0.1) is 0 Å². The van der Waals surface area contributed by atoms with Crippen LogP contribution in [0.15, 0.2) is 83.8 Å². The molecule has 0 saturated carbocycles. The monoisotopic (exact) mass is 422 g/mol. The number of ether oxygens (including phenoxy) is 1. The van der Waals surface area contributed by atoms with Gasteiger partial charge in [-0.2, -0.15) is 0 Å². The normalized spacial score (nSPS) is 13.3. The van der Waals surface area contributed by atoms with Gasteiger partial charge < -0.3 is 9.64 Å². The maximum Gasteiger partial charge on any atom is 0.264 e. The summed E-state index contributed by atoms with van der Waals surface area (Å²) in [4.78, 5) is 14.8. The first-order valence-corrected chi connectivity index (χ1v) is 11.1. The molecule has 0 spiro atoms. The van der Waals surface area contributed by atoms with E-state index in [1.54, 1.807) is 59.5 Å². The van der Waals surface area contributed by atoms with Crippen LogP contribution in [0.2, 0.25) is 0 Å². The van der Waals surface area contributed by atoms with Crippen molar-refractivity contribution in [3.8, 4) is 5.75 Å². The van der Waals surface area contributed by atoms with Crippen LogP contribution < -0.4 is 13.9 Å². The number of para-hydroxylation sites is 2. The third kappa shape index (κ3) is 3.89. The number of carbonyl (C=O) groups excluding carboxylic acids is 1. The molecule has 7 heteroatoms. The minimum Gasteiger partial charge on any atom is -0.490 e. The lowest BCUT2D eigenvalue weighted by Crippen LogP contribution is -2.38.